The van der Waals surface area contributed by atoms with Gasteiger partial charge in [0.25, 0.3) is 0 Å². The molecule has 0 saturated heterocycles. The van der Waals surface area contributed by atoms with Gasteiger partial charge in [-0.25, -0.2) is 9.97 Å². The molecule has 4 heteroatoms. The number of nitrogens with one attached hydrogen (secondary N) is 2. The van der Waals surface area contributed by atoms with Gasteiger partial charge < -0.3 is 10.6 Å². The van der Waals surface area contributed by atoms with Gasteiger partial charge in [0.15, 0.2) is 0 Å². The number of likely N-dealkylation sites (N-methyl/N-ethyl adjacent to an activating group) is 1. The zero-order chi connectivity index (χ0) is 10.2. The summed E-state index contributed by atoms with van der Waals surface area (Å²) in [4.78, 5) is 8.27. The van der Waals surface area contributed by atoms with E-state index < -0.39 is 0 Å². The molecule has 0 saturated carbocycles. The molecule has 1 unspecified atom stereocenters. The van der Waals surface area contributed by atoms with E-state index in [-0.39, 0.29) is 0 Å². The molecule has 0 aliphatic rings. The Morgan fingerprint density at radius 1 is 1.36 bits per heavy atom. The molecule has 0 radical (unpaired) electrons. The Labute approximate surface area is 85.2 Å². The van der Waals surface area contributed by atoms with Crippen LogP contribution in [-0.4, -0.2) is 29.1 Å². The first-order valence-electron chi connectivity index (χ1n) is 5.03. The van der Waals surface area contributed by atoms with Crippen LogP contribution in [0.4, 0.5) is 0 Å². The van der Waals surface area contributed by atoms with Gasteiger partial charge in [-0.2, -0.15) is 0 Å². The molecular formula is C10H18N4. The lowest BCUT2D eigenvalue weighted by atomic mass is 10.3. The van der Waals surface area contributed by atoms with Gasteiger partial charge >= 0.3 is 0 Å². The van der Waals surface area contributed by atoms with Crippen molar-refractivity contribution < 1.29 is 0 Å². The van der Waals surface area contributed by atoms with E-state index >= 15 is 0 Å². The van der Waals surface area contributed by atoms with Gasteiger partial charge in [-0.3, -0.25) is 0 Å². The quantitative estimate of drug-likeness (QED) is 0.695. The molecule has 1 heterocycles. The zero-order valence-corrected chi connectivity index (χ0v) is 8.83. The van der Waals surface area contributed by atoms with Crippen molar-refractivity contribution in [3.63, 3.8) is 0 Å². The normalized spacial score (nSPS) is 12.7. The molecule has 2 N–H and O–H groups in total. The molecule has 1 aromatic rings. The molecule has 0 aliphatic heterocycles. The highest BCUT2D eigenvalue weighted by molar-refractivity contribution is 4.88. The van der Waals surface area contributed by atoms with Crippen LogP contribution < -0.4 is 10.6 Å². The fourth-order valence-corrected chi connectivity index (χ4v) is 1.12. The SMILES string of the molecule is CCNCC(C)NCc1ncccn1. The van der Waals surface area contributed by atoms with Gasteiger partial charge in [0, 0.05) is 25.0 Å². The van der Waals surface area contributed by atoms with Gasteiger partial charge in [-0.05, 0) is 19.5 Å². The maximum atomic E-state index is 4.14. The van der Waals surface area contributed by atoms with Crippen LogP contribution in [-0.2, 0) is 6.54 Å². The summed E-state index contributed by atoms with van der Waals surface area (Å²) < 4.78 is 0. The van der Waals surface area contributed by atoms with E-state index in [4.69, 9.17) is 0 Å². The summed E-state index contributed by atoms with van der Waals surface area (Å²) in [5, 5.41) is 6.63. The number of nitrogens with zero attached hydrogens (tertiary/aromatic N) is 2. The first-order chi connectivity index (χ1) is 6.83. The van der Waals surface area contributed by atoms with Crippen LogP contribution in [0.15, 0.2) is 18.5 Å². The van der Waals surface area contributed by atoms with E-state index in [1.807, 2.05) is 6.07 Å². The van der Waals surface area contributed by atoms with E-state index in [2.05, 4.69) is 34.4 Å². The molecule has 0 spiro atoms. The Balaban J connectivity index is 2.20. The van der Waals surface area contributed by atoms with Gasteiger partial charge in [-0.1, -0.05) is 6.92 Å². The predicted molar refractivity (Wildman–Crippen MR) is 56.9 cm³/mol. The smallest absolute Gasteiger partial charge is 0.141 e. The van der Waals surface area contributed by atoms with Crippen molar-refractivity contribution in [2.45, 2.75) is 26.4 Å². The van der Waals surface area contributed by atoms with Crippen molar-refractivity contribution in [3.8, 4) is 0 Å². The Kier molecular flexibility index (Phi) is 5.11. The third kappa shape index (κ3) is 4.30. The van der Waals surface area contributed by atoms with Crippen molar-refractivity contribution >= 4 is 0 Å². The van der Waals surface area contributed by atoms with E-state index in [0.717, 1.165) is 25.5 Å². The third-order valence-electron chi connectivity index (χ3n) is 1.93. The number of rotatable bonds is 6. The highest BCUT2D eigenvalue weighted by Gasteiger charge is 2.00. The highest BCUT2D eigenvalue weighted by atomic mass is 15.0. The van der Waals surface area contributed by atoms with Gasteiger partial charge in [0.05, 0.1) is 6.54 Å². The van der Waals surface area contributed by atoms with Crippen molar-refractivity contribution in [1.82, 2.24) is 20.6 Å². The fraction of sp³-hybridized carbons (Fsp3) is 0.600. The van der Waals surface area contributed by atoms with Crippen LogP contribution in [0.5, 0.6) is 0 Å². The summed E-state index contributed by atoms with van der Waals surface area (Å²) >= 11 is 0. The zero-order valence-electron chi connectivity index (χ0n) is 8.83. The van der Waals surface area contributed by atoms with Crippen LogP contribution in [0.1, 0.15) is 19.7 Å². The van der Waals surface area contributed by atoms with Crippen LogP contribution in [0, 0.1) is 0 Å². The summed E-state index contributed by atoms with van der Waals surface area (Å²) in [5.74, 6) is 0.843. The van der Waals surface area contributed by atoms with Crippen molar-refractivity contribution in [3.05, 3.63) is 24.3 Å². The molecule has 1 atom stereocenters. The number of hydrogen-bond donors (Lipinski definition) is 2. The Hall–Kier alpha value is -1.00. The fourth-order valence-electron chi connectivity index (χ4n) is 1.12. The van der Waals surface area contributed by atoms with Crippen LogP contribution in [0.2, 0.25) is 0 Å². The standard InChI is InChI=1S/C10H18N4/c1-3-11-7-9(2)14-8-10-12-5-4-6-13-10/h4-6,9,11,14H,3,7-8H2,1-2H3. The summed E-state index contributed by atoms with van der Waals surface area (Å²) in [6.07, 6.45) is 3.53. The summed E-state index contributed by atoms with van der Waals surface area (Å²) in [5.41, 5.74) is 0. The van der Waals surface area contributed by atoms with Crippen LogP contribution >= 0.6 is 0 Å². The molecule has 1 rings (SSSR count). The lowest BCUT2D eigenvalue weighted by Gasteiger charge is -2.12. The van der Waals surface area contributed by atoms with Gasteiger partial charge in [0.2, 0.25) is 0 Å². The predicted octanol–water partition coefficient (Wildman–Crippen LogP) is 0.564. The first-order valence-corrected chi connectivity index (χ1v) is 5.03. The Morgan fingerprint density at radius 2 is 2.07 bits per heavy atom. The Bertz CT molecular complexity index is 237. The van der Waals surface area contributed by atoms with Crippen LogP contribution in [0.25, 0.3) is 0 Å². The monoisotopic (exact) mass is 194 g/mol. The number of aromatic nitrogens is 2. The summed E-state index contributed by atoms with van der Waals surface area (Å²) in [6, 6.07) is 2.27. The largest absolute Gasteiger partial charge is 0.315 e. The van der Waals surface area contributed by atoms with Gasteiger partial charge in [-0.15, -0.1) is 0 Å². The second-order valence-corrected chi connectivity index (χ2v) is 3.25. The topological polar surface area (TPSA) is 49.8 Å². The average molecular weight is 194 g/mol. The molecule has 0 aliphatic carbocycles. The minimum atomic E-state index is 0.443. The van der Waals surface area contributed by atoms with Crippen molar-refractivity contribution in [1.29, 1.82) is 0 Å². The van der Waals surface area contributed by atoms with Crippen LogP contribution in [0.3, 0.4) is 0 Å². The lowest BCUT2D eigenvalue weighted by Crippen LogP contribution is -2.36. The second kappa shape index (κ2) is 6.45. The maximum absolute atomic E-state index is 4.14. The average Bonchev–Trinajstić information content (AvgIpc) is 2.25. The molecular weight excluding hydrogens is 176 g/mol. The maximum Gasteiger partial charge on any atom is 0.141 e. The van der Waals surface area contributed by atoms with E-state index in [9.17, 15) is 0 Å². The molecule has 0 amide bonds. The van der Waals surface area contributed by atoms with Gasteiger partial charge in [0.1, 0.15) is 5.82 Å². The van der Waals surface area contributed by atoms with Crippen molar-refractivity contribution in [2.75, 3.05) is 13.1 Å². The van der Waals surface area contributed by atoms with E-state index in [1.54, 1.807) is 12.4 Å². The molecule has 4 nitrogen and oxygen atoms in total. The molecule has 0 bridgehead atoms. The second-order valence-electron chi connectivity index (χ2n) is 3.25. The molecule has 14 heavy (non-hydrogen) atoms. The summed E-state index contributed by atoms with van der Waals surface area (Å²) in [6.45, 7) is 6.96. The minimum Gasteiger partial charge on any atom is -0.315 e. The molecule has 0 aromatic carbocycles. The minimum absolute atomic E-state index is 0.443. The Morgan fingerprint density at radius 3 is 2.71 bits per heavy atom. The number of hydrogen-bond acceptors (Lipinski definition) is 4. The van der Waals surface area contributed by atoms with E-state index in [1.165, 1.54) is 0 Å². The lowest BCUT2D eigenvalue weighted by molar-refractivity contribution is 0.500. The molecule has 0 fully saturated rings. The summed E-state index contributed by atoms with van der Waals surface area (Å²) in [7, 11) is 0. The first kappa shape index (κ1) is 11.1. The molecule has 78 valence electrons. The van der Waals surface area contributed by atoms with Crippen molar-refractivity contribution in [2.24, 2.45) is 0 Å². The van der Waals surface area contributed by atoms with E-state index in [0.29, 0.717) is 6.04 Å². The highest BCUT2D eigenvalue weighted by Crippen LogP contribution is 1.88. The molecule has 1 aromatic heterocycles. The third-order valence-corrected chi connectivity index (χ3v) is 1.93.